The van der Waals surface area contributed by atoms with Crippen LogP contribution >= 0.6 is 0 Å². The highest BCUT2D eigenvalue weighted by Gasteiger charge is 2.56. The summed E-state index contributed by atoms with van der Waals surface area (Å²) in [5.41, 5.74) is 6.17. The number of piperazine rings is 1. The Hall–Kier alpha value is -4.99. The topological polar surface area (TPSA) is 93.5 Å². The van der Waals surface area contributed by atoms with Crippen molar-refractivity contribution in [3.8, 4) is 29.1 Å². The zero-order valence-corrected chi connectivity index (χ0v) is 29.7. The minimum atomic E-state index is -4.52. The molecule has 2 bridgehead atoms. The third-order valence-corrected chi connectivity index (χ3v) is 10.9. The Kier molecular flexibility index (Phi) is 9.21. The number of aryl methyl sites for hydroxylation is 1. The van der Waals surface area contributed by atoms with Gasteiger partial charge in [0.15, 0.2) is 11.5 Å². The van der Waals surface area contributed by atoms with Crippen LogP contribution in [-0.2, 0) is 28.5 Å². The van der Waals surface area contributed by atoms with E-state index in [1.165, 1.54) is 23.8 Å². The highest BCUT2D eigenvalue weighted by Crippen LogP contribution is 2.57. The van der Waals surface area contributed by atoms with Crippen LogP contribution in [-0.4, -0.2) is 68.1 Å². The Balaban J connectivity index is 1.34. The molecule has 4 heterocycles. The van der Waals surface area contributed by atoms with Crippen LogP contribution in [0.1, 0.15) is 62.2 Å². The van der Waals surface area contributed by atoms with Crippen molar-refractivity contribution in [2.45, 2.75) is 70.0 Å². The largest absolute Gasteiger partial charge is 0.496 e. The number of benzene rings is 3. The molecule has 4 aliphatic rings. The SMILES string of the molecule is C=CCOc1c(C)c2c(c3c1CC1[C@H]4c5c(cc(C)c(OC)c5C)C[C@@H]([C@H](C#N)N1[C@H]3COC(=O)/C=C/c1cccc(C(F)(F)F)c1)N4C)OCO2. The Morgan fingerprint density at radius 2 is 1.85 bits per heavy atom. The van der Waals surface area contributed by atoms with Crippen molar-refractivity contribution in [3.05, 3.63) is 99.1 Å². The van der Waals surface area contributed by atoms with Crippen LogP contribution in [0, 0.1) is 32.1 Å². The Labute approximate surface area is 300 Å². The molecule has 1 fully saturated rings. The van der Waals surface area contributed by atoms with Crippen LogP contribution in [0.4, 0.5) is 13.2 Å². The van der Waals surface area contributed by atoms with Crippen LogP contribution < -0.4 is 18.9 Å². The summed E-state index contributed by atoms with van der Waals surface area (Å²) >= 11 is 0. The fraction of sp³-hybridized carbons (Fsp3) is 0.400. The van der Waals surface area contributed by atoms with Crippen molar-refractivity contribution in [1.82, 2.24) is 9.80 Å². The molecule has 0 amide bonds. The molecule has 1 unspecified atom stereocenters. The molecule has 1 saturated heterocycles. The van der Waals surface area contributed by atoms with Crippen LogP contribution in [0.25, 0.3) is 6.08 Å². The van der Waals surface area contributed by atoms with Gasteiger partial charge in [0.05, 0.1) is 30.8 Å². The van der Waals surface area contributed by atoms with Gasteiger partial charge in [0.2, 0.25) is 6.79 Å². The quantitative estimate of drug-likeness (QED) is 0.139. The lowest BCUT2D eigenvalue weighted by Gasteiger charge is -2.60. The molecule has 3 aromatic carbocycles. The number of alkyl halides is 3. The van der Waals surface area contributed by atoms with E-state index in [2.05, 4.69) is 42.5 Å². The van der Waals surface area contributed by atoms with Crippen molar-refractivity contribution >= 4 is 12.0 Å². The lowest BCUT2D eigenvalue weighted by molar-refractivity contribution is -0.143. The lowest BCUT2D eigenvalue weighted by atomic mass is 9.71. The number of methoxy groups -OCH3 is 1. The van der Waals surface area contributed by atoms with E-state index in [0.717, 1.165) is 57.3 Å². The van der Waals surface area contributed by atoms with Gasteiger partial charge in [0.25, 0.3) is 0 Å². The molecule has 3 aromatic rings. The molecule has 4 aliphatic heterocycles. The summed E-state index contributed by atoms with van der Waals surface area (Å²) in [6, 6.07) is 7.63. The van der Waals surface area contributed by atoms with Gasteiger partial charge in [-0.25, -0.2) is 4.79 Å². The molecule has 0 N–H and O–H groups in total. The van der Waals surface area contributed by atoms with E-state index in [1.807, 2.05) is 13.8 Å². The standard InChI is InChI=1S/C40H40F3N3O6/c1-7-13-49-37-23(4)38-39(52-20-51-38)34-27(37)17-29-35-33-22(3)36(48-6)21(2)14-25(33)16-28(45(35)5)30(18-44)46(29)31(34)19-50-32(47)12-11-24-9-8-10-26(15-24)40(41,42)43/h7-12,14-15,28-31,35H,1,13,16-17,19-20H2,2-6H3/b12-11+/t28-,29?,30-,31-,35-/m0/s1. The minimum absolute atomic E-state index is 0.00935. The first-order valence-corrected chi connectivity index (χ1v) is 17.2. The molecule has 0 saturated carbocycles. The van der Waals surface area contributed by atoms with Crippen LogP contribution in [0.5, 0.6) is 23.0 Å². The number of nitrogens with zero attached hydrogens (tertiary/aromatic N) is 3. The molecule has 0 spiro atoms. The Bertz CT molecular complexity index is 2020. The summed E-state index contributed by atoms with van der Waals surface area (Å²) < 4.78 is 70.2. The molecule has 0 aromatic heterocycles. The second-order valence-corrected chi connectivity index (χ2v) is 13.7. The van der Waals surface area contributed by atoms with Gasteiger partial charge in [-0.05, 0) is 86.7 Å². The normalized spacial score (nSPS) is 23.3. The van der Waals surface area contributed by atoms with E-state index in [0.29, 0.717) is 30.1 Å². The van der Waals surface area contributed by atoms with E-state index in [-0.39, 0.29) is 43.7 Å². The predicted molar refractivity (Wildman–Crippen MR) is 186 cm³/mol. The molecule has 0 aliphatic carbocycles. The predicted octanol–water partition coefficient (Wildman–Crippen LogP) is 6.96. The number of esters is 1. The van der Waals surface area contributed by atoms with Gasteiger partial charge in [0.1, 0.15) is 30.8 Å². The third kappa shape index (κ3) is 5.76. The van der Waals surface area contributed by atoms with Crippen LogP contribution in [0.3, 0.4) is 0 Å². The number of ether oxygens (including phenoxy) is 5. The maximum Gasteiger partial charge on any atom is 0.416 e. The highest BCUT2D eigenvalue weighted by molar-refractivity contribution is 5.87. The first-order valence-electron chi connectivity index (χ1n) is 17.2. The monoisotopic (exact) mass is 715 g/mol. The summed E-state index contributed by atoms with van der Waals surface area (Å²) in [5.74, 6) is 1.76. The summed E-state index contributed by atoms with van der Waals surface area (Å²) in [4.78, 5) is 17.8. The highest BCUT2D eigenvalue weighted by atomic mass is 19.4. The van der Waals surface area contributed by atoms with E-state index in [4.69, 9.17) is 23.7 Å². The first kappa shape index (κ1) is 35.4. The third-order valence-electron chi connectivity index (χ3n) is 10.9. The molecular formula is C40H40F3N3O6. The number of carbonyl (C=O) groups excluding carboxylic acids is 1. The molecular weight excluding hydrogens is 675 g/mol. The number of likely N-dealkylation sites (N-methyl/N-ethyl adjacent to an activating group) is 1. The molecule has 5 atom stereocenters. The number of fused-ring (bicyclic) bond motifs is 9. The number of hydrogen-bond acceptors (Lipinski definition) is 9. The second-order valence-electron chi connectivity index (χ2n) is 13.7. The minimum Gasteiger partial charge on any atom is -0.496 e. The van der Waals surface area contributed by atoms with Crippen LogP contribution in [0.15, 0.2) is 49.1 Å². The van der Waals surface area contributed by atoms with E-state index in [1.54, 1.807) is 13.2 Å². The van der Waals surface area contributed by atoms with Crippen molar-refractivity contribution in [1.29, 1.82) is 5.26 Å². The van der Waals surface area contributed by atoms with Gasteiger partial charge >= 0.3 is 12.1 Å². The lowest BCUT2D eigenvalue weighted by Crippen LogP contribution is -2.68. The fourth-order valence-electron chi connectivity index (χ4n) is 8.86. The van der Waals surface area contributed by atoms with E-state index < -0.39 is 29.8 Å². The maximum absolute atomic E-state index is 13.3. The summed E-state index contributed by atoms with van der Waals surface area (Å²) in [6.07, 6.45) is 0.684. The molecule has 272 valence electrons. The Morgan fingerprint density at radius 3 is 2.56 bits per heavy atom. The van der Waals surface area contributed by atoms with E-state index in [9.17, 15) is 23.2 Å². The van der Waals surface area contributed by atoms with Gasteiger partial charge in [-0.2, -0.15) is 18.4 Å². The number of nitriles is 1. The number of hydrogen-bond donors (Lipinski definition) is 0. The fourth-order valence-corrected chi connectivity index (χ4v) is 8.86. The van der Waals surface area contributed by atoms with Crippen molar-refractivity contribution in [2.24, 2.45) is 0 Å². The Morgan fingerprint density at radius 1 is 1.08 bits per heavy atom. The molecule has 12 heteroatoms. The summed E-state index contributed by atoms with van der Waals surface area (Å²) in [5, 5.41) is 10.9. The molecule has 52 heavy (non-hydrogen) atoms. The number of carbonyl (C=O) groups is 1. The zero-order valence-electron chi connectivity index (χ0n) is 29.7. The van der Waals surface area contributed by atoms with Gasteiger partial charge < -0.3 is 23.7 Å². The van der Waals surface area contributed by atoms with E-state index >= 15 is 0 Å². The van der Waals surface area contributed by atoms with Gasteiger partial charge in [-0.1, -0.05) is 30.9 Å². The van der Waals surface area contributed by atoms with Crippen molar-refractivity contribution < 1.29 is 41.7 Å². The van der Waals surface area contributed by atoms with Crippen molar-refractivity contribution in [2.75, 3.05) is 34.2 Å². The smallest absolute Gasteiger partial charge is 0.416 e. The van der Waals surface area contributed by atoms with Gasteiger partial charge in [-0.3, -0.25) is 9.80 Å². The molecule has 7 rings (SSSR count). The van der Waals surface area contributed by atoms with Gasteiger partial charge in [0, 0.05) is 34.9 Å². The summed E-state index contributed by atoms with van der Waals surface area (Å²) in [6.45, 7) is 9.94. The maximum atomic E-state index is 13.3. The van der Waals surface area contributed by atoms with Crippen molar-refractivity contribution in [3.63, 3.8) is 0 Å². The molecule has 0 radical (unpaired) electrons. The average molecular weight is 716 g/mol. The molecule has 9 nitrogen and oxygen atoms in total. The zero-order chi connectivity index (χ0) is 37.1. The first-order chi connectivity index (χ1) is 24.9. The average Bonchev–Trinajstić information content (AvgIpc) is 3.60. The number of halogens is 3. The second kappa shape index (κ2) is 13.5. The van der Waals surface area contributed by atoms with Crippen LogP contribution in [0.2, 0.25) is 0 Å². The van der Waals surface area contributed by atoms with Gasteiger partial charge in [-0.15, -0.1) is 0 Å². The number of rotatable bonds is 8. The summed E-state index contributed by atoms with van der Waals surface area (Å²) in [7, 11) is 3.74.